The van der Waals surface area contributed by atoms with Crippen molar-refractivity contribution in [3.63, 3.8) is 0 Å². The average molecular weight is 443 g/mol. The minimum atomic E-state index is 0.239. The van der Waals surface area contributed by atoms with Gasteiger partial charge in [-0.15, -0.1) is 0 Å². The highest BCUT2D eigenvalue weighted by atomic mass is 16.7. The summed E-state index contributed by atoms with van der Waals surface area (Å²) in [5.41, 5.74) is 0. The van der Waals surface area contributed by atoms with E-state index in [2.05, 4.69) is 27.7 Å². The van der Waals surface area contributed by atoms with Crippen molar-refractivity contribution < 1.29 is 18.9 Å². The highest BCUT2D eigenvalue weighted by Crippen LogP contribution is 2.18. The Kier molecular flexibility index (Phi) is 24.6. The quantitative estimate of drug-likeness (QED) is 0.0803. The first-order valence-corrected chi connectivity index (χ1v) is 13.5. The van der Waals surface area contributed by atoms with Crippen LogP contribution in [0.1, 0.15) is 137 Å². The van der Waals surface area contributed by atoms with Crippen LogP contribution in [-0.2, 0) is 18.9 Å². The van der Waals surface area contributed by atoms with Gasteiger partial charge in [0.15, 0.2) is 12.6 Å². The van der Waals surface area contributed by atoms with Gasteiger partial charge in [-0.05, 0) is 25.7 Å². The van der Waals surface area contributed by atoms with Crippen LogP contribution in [0.25, 0.3) is 0 Å². The van der Waals surface area contributed by atoms with E-state index in [1.54, 1.807) is 0 Å². The molecule has 0 N–H and O–H groups in total. The van der Waals surface area contributed by atoms with Gasteiger partial charge in [-0.25, -0.2) is 0 Å². The number of rotatable bonds is 25. The second-order valence-electron chi connectivity index (χ2n) is 8.57. The molecule has 0 aromatic heterocycles. The van der Waals surface area contributed by atoms with Crippen LogP contribution in [0.3, 0.4) is 0 Å². The van der Waals surface area contributed by atoms with Crippen molar-refractivity contribution in [2.45, 2.75) is 137 Å². The molecule has 0 aliphatic rings. The number of allylic oxidation sites excluding steroid dienone is 1. The largest absolute Gasteiger partial charge is 0.491 e. The second kappa shape index (κ2) is 25.4. The van der Waals surface area contributed by atoms with Gasteiger partial charge in [-0.1, -0.05) is 105 Å². The summed E-state index contributed by atoms with van der Waals surface area (Å²) in [6.45, 7) is 11.3. The van der Waals surface area contributed by atoms with Gasteiger partial charge >= 0.3 is 5.95 Å². The maximum Gasteiger partial charge on any atom is 0.321 e. The normalized spacial score (nSPS) is 12.0. The summed E-state index contributed by atoms with van der Waals surface area (Å²) in [5.74, 6) is 1.41. The lowest BCUT2D eigenvalue weighted by molar-refractivity contribution is -0.0845. The van der Waals surface area contributed by atoms with E-state index in [9.17, 15) is 0 Å². The van der Waals surface area contributed by atoms with Crippen LogP contribution in [0, 0.1) is 0 Å². The smallest absolute Gasteiger partial charge is 0.321 e. The molecule has 0 aromatic carbocycles. The SMILES string of the molecule is CCCCCCCCOC(CCC)=C(OCCCCCCCC)OCOCCCCC. The molecule has 0 heterocycles. The average Bonchev–Trinajstić information content (AvgIpc) is 2.78. The van der Waals surface area contributed by atoms with E-state index in [0.717, 1.165) is 51.1 Å². The Hall–Kier alpha value is -0.900. The van der Waals surface area contributed by atoms with Gasteiger partial charge in [0.25, 0.3) is 0 Å². The van der Waals surface area contributed by atoms with Crippen LogP contribution < -0.4 is 0 Å². The lowest BCUT2D eigenvalue weighted by Crippen LogP contribution is -2.10. The Balaban J connectivity index is 4.50. The highest BCUT2D eigenvalue weighted by Gasteiger charge is 2.12. The Morgan fingerprint density at radius 2 is 0.935 bits per heavy atom. The van der Waals surface area contributed by atoms with E-state index >= 15 is 0 Å². The molecule has 0 fully saturated rings. The third-order valence-electron chi connectivity index (χ3n) is 5.38. The van der Waals surface area contributed by atoms with Crippen LogP contribution in [0.15, 0.2) is 11.7 Å². The maximum absolute atomic E-state index is 6.13. The number of unbranched alkanes of at least 4 members (excludes halogenated alkanes) is 12. The lowest BCUT2D eigenvalue weighted by atomic mass is 10.1. The molecule has 0 spiro atoms. The minimum Gasteiger partial charge on any atom is -0.491 e. The fraction of sp³-hybridized carbons (Fsp3) is 0.926. The number of ether oxygens (including phenoxy) is 4. The molecule has 186 valence electrons. The second-order valence-corrected chi connectivity index (χ2v) is 8.57. The van der Waals surface area contributed by atoms with E-state index in [4.69, 9.17) is 18.9 Å². The van der Waals surface area contributed by atoms with Gasteiger partial charge in [0.1, 0.15) is 0 Å². The first kappa shape index (κ1) is 30.1. The summed E-state index contributed by atoms with van der Waals surface area (Å²) in [6, 6.07) is 0. The van der Waals surface area contributed by atoms with Gasteiger partial charge in [-0.2, -0.15) is 0 Å². The van der Waals surface area contributed by atoms with Gasteiger partial charge in [0.2, 0.25) is 0 Å². The zero-order valence-corrected chi connectivity index (χ0v) is 21.5. The first-order valence-electron chi connectivity index (χ1n) is 13.5. The molecular weight excluding hydrogens is 388 g/mol. The monoisotopic (exact) mass is 442 g/mol. The molecule has 0 unspecified atom stereocenters. The summed E-state index contributed by atoms with van der Waals surface area (Å²) in [4.78, 5) is 0. The summed E-state index contributed by atoms with van der Waals surface area (Å²) in [7, 11) is 0. The van der Waals surface area contributed by atoms with Crippen LogP contribution >= 0.6 is 0 Å². The fourth-order valence-corrected chi connectivity index (χ4v) is 3.40. The molecule has 0 aromatic rings. The number of hydrogen-bond donors (Lipinski definition) is 0. The van der Waals surface area contributed by atoms with Crippen LogP contribution in [0.5, 0.6) is 0 Å². The van der Waals surface area contributed by atoms with Crippen molar-refractivity contribution in [2.75, 3.05) is 26.6 Å². The predicted molar refractivity (Wildman–Crippen MR) is 132 cm³/mol. The molecule has 0 atom stereocenters. The molecule has 0 aliphatic carbocycles. The van der Waals surface area contributed by atoms with Crippen molar-refractivity contribution >= 4 is 0 Å². The van der Waals surface area contributed by atoms with Gasteiger partial charge < -0.3 is 18.9 Å². The Morgan fingerprint density at radius 1 is 0.452 bits per heavy atom. The van der Waals surface area contributed by atoms with E-state index in [1.165, 1.54) is 77.0 Å². The maximum atomic E-state index is 6.13. The molecular formula is C27H54O4. The van der Waals surface area contributed by atoms with E-state index in [1.807, 2.05) is 0 Å². The molecule has 0 saturated heterocycles. The Morgan fingerprint density at radius 3 is 1.52 bits per heavy atom. The lowest BCUT2D eigenvalue weighted by Gasteiger charge is -2.17. The molecule has 0 bridgehead atoms. The van der Waals surface area contributed by atoms with Crippen molar-refractivity contribution in [3.05, 3.63) is 11.7 Å². The molecule has 0 rings (SSSR count). The highest BCUT2D eigenvalue weighted by molar-refractivity contribution is 4.95. The van der Waals surface area contributed by atoms with Crippen molar-refractivity contribution in [1.82, 2.24) is 0 Å². The molecule has 31 heavy (non-hydrogen) atoms. The first-order chi connectivity index (χ1) is 15.3. The Labute approximate surface area is 194 Å². The predicted octanol–water partition coefficient (Wildman–Crippen LogP) is 8.89. The van der Waals surface area contributed by atoms with Crippen LogP contribution in [0.4, 0.5) is 0 Å². The zero-order chi connectivity index (χ0) is 22.8. The van der Waals surface area contributed by atoms with Crippen LogP contribution in [-0.4, -0.2) is 26.6 Å². The minimum absolute atomic E-state index is 0.239. The van der Waals surface area contributed by atoms with E-state index < -0.39 is 0 Å². The molecule has 0 aliphatic heterocycles. The van der Waals surface area contributed by atoms with Crippen molar-refractivity contribution in [3.8, 4) is 0 Å². The molecule has 0 saturated carbocycles. The van der Waals surface area contributed by atoms with E-state index in [-0.39, 0.29) is 6.79 Å². The van der Waals surface area contributed by atoms with Crippen molar-refractivity contribution in [2.24, 2.45) is 0 Å². The van der Waals surface area contributed by atoms with Gasteiger partial charge in [0, 0.05) is 6.42 Å². The summed E-state index contributed by atoms with van der Waals surface area (Å²) in [5, 5.41) is 0. The Bertz CT molecular complexity index is 381. The van der Waals surface area contributed by atoms with Gasteiger partial charge in [-0.3, -0.25) is 0 Å². The van der Waals surface area contributed by atoms with Crippen LogP contribution in [0.2, 0.25) is 0 Å². The summed E-state index contributed by atoms with van der Waals surface area (Å²) < 4.78 is 23.7. The molecule has 0 radical (unpaired) electrons. The standard InChI is InChI=1S/C27H54O4/c1-5-9-12-14-16-19-23-29-26(21-8-4)27(31-25-28-22-18-11-7-3)30-24-20-17-15-13-10-6-2/h5-25H2,1-4H3. The summed E-state index contributed by atoms with van der Waals surface area (Å²) in [6.07, 6.45) is 20.4. The third-order valence-corrected chi connectivity index (χ3v) is 5.38. The van der Waals surface area contributed by atoms with E-state index in [0.29, 0.717) is 12.6 Å². The fourth-order valence-electron chi connectivity index (χ4n) is 3.40. The molecule has 4 nitrogen and oxygen atoms in total. The van der Waals surface area contributed by atoms with Gasteiger partial charge in [0.05, 0.1) is 19.8 Å². The molecule has 0 amide bonds. The summed E-state index contributed by atoms with van der Waals surface area (Å²) >= 11 is 0. The topological polar surface area (TPSA) is 36.9 Å². The number of hydrogen-bond acceptors (Lipinski definition) is 4. The molecule has 4 heteroatoms. The zero-order valence-electron chi connectivity index (χ0n) is 21.5. The third kappa shape index (κ3) is 20.7. The van der Waals surface area contributed by atoms with Crippen molar-refractivity contribution in [1.29, 1.82) is 0 Å².